The summed E-state index contributed by atoms with van der Waals surface area (Å²) in [5.41, 5.74) is 6.20. The van der Waals surface area contributed by atoms with Gasteiger partial charge in [0.2, 0.25) is 5.91 Å². The Balaban J connectivity index is 1.97. The van der Waals surface area contributed by atoms with E-state index in [9.17, 15) is 4.79 Å². The van der Waals surface area contributed by atoms with Gasteiger partial charge in [-0.1, -0.05) is 23.7 Å². The van der Waals surface area contributed by atoms with Gasteiger partial charge in [0.05, 0.1) is 18.2 Å². The summed E-state index contributed by atoms with van der Waals surface area (Å²) in [6.07, 6.45) is 0.780. The van der Waals surface area contributed by atoms with Gasteiger partial charge in [0.15, 0.2) is 0 Å². The summed E-state index contributed by atoms with van der Waals surface area (Å²) < 4.78 is 5.74. The Kier molecular flexibility index (Phi) is 4.68. The molecule has 0 aliphatic carbocycles. The monoisotopic (exact) mass is 296 g/mol. The standard InChI is InChI=1S/C15H21ClN2O2/c1-15(2,17)14(19)18-7-8-20-13(10-18)9-11-3-5-12(16)6-4-11/h3-6,13H,7-10,17H2,1-2H3/t13-/m1/s1. The average molecular weight is 297 g/mol. The molecule has 1 aromatic rings. The van der Waals surface area contributed by atoms with Crippen LogP contribution in [0, 0.1) is 0 Å². The third kappa shape index (κ3) is 3.95. The third-order valence-corrected chi connectivity index (χ3v) is 3.61. The molecule has 110 valence electrons. The summed E-state index contributed by atoms with van der Waals surface area (Å²) in [4.78, 5) is 14.0. The quantitative estimate of drug-likeness (QED) is 0.926. The fourth-order valence-corrected chi connectivity index (χ4v) is 2.44. The number of benzene rings is 1. The van der Waals surface area contributed by atoms with Gasteiger partial charge in [-0.3, -0.25) is 4.79 Å². The van der Waals surface area contributed by atoms with Crippen LogP contribution in [0.25, 0.3) is 0 Å². The molecule has 0 saturated carbocycles. The fourth-order valence-electron chi connectivity index (χ4n) is 2.32. The lowest BCUT2D eigenvalue weighted by molar-refractivity contribution is -0.143. The second kappa shape index (κ2) is 6.12. The molecule has 1 atom stereocenters. The van der Waals surface area contributed by atoms with E-state index < -0.39 is 5.54 Å². The van der Waals surface area contributed by atoms with Crippen molar-refractivity contribution in [1.82, 2.24) is 4.90 Å². The molecule has 0 spiro atoms. The van der Waals surface area contributed by atoms with E-state index in [4.69, 9.17) is 22.1 Å². The molecule has 1 fully saturated rings. The molecule has 2 N–H and O–H groups in total. The minimum absolute atomic E-state index is 0.0104. The topological polar surface area (TPSA) is 55.6 Å². The van der Waals surface area contributed by atoms with Gasteiger partial charge in [0, 0.05) is 24.5 Å². The Labute approximate surface area is 124 Å². The molecule has 1 amide bonds. The molecule has 0 unspecified atom stereocenters. The first kappa shape index (κ1) is 15.3. The first-order valence-electron chi connectivity index (χ1n) is 6.80. The third-order valence-electron chi connectivity index (χ3n) is 3.35. The summed E-state index contributed by atoms with van der Waals surface area (Å²) >= 11 is 5.87. The summed E-state index contributed by atoms with van der Waals surface area (Å²) in [6, 6.07) is 7.70. The van der Waals surface area contributed by atoms with E-state index in [1.165, 1.54) is 0 Å². The van der Waals surface area contributed by atoms with Crippen molar-refractivity contribution in [1.29, 1.82) is 0 Å². The van der Waals surface area contributed by atoms with Crippen LogP contribution in [0.5, 0.6) is 0 Å². The van der Waals surface area contributed by atoms with Crippen LogP contribution in [0.15, 0.2) is 24.3 Å². The molecule has 0 aromatic heterocycles. The van der Waals surface area contributed by atoms with Gasteiger partial charge in [0.1, 0.15) is 0 Å². The van der Waals surface area contributed by atoms with Crippen LogP contribution in [-0.2, 0) is 16.0 Å². The Morgan fingerprint density at radius 1 is 1.45 bits per heavy atom. The number of halogens is 1. The predicted molar refractivity (Wildman–Crippen MR) is 79.7 cm³/mol. The first-order chi connectivity index (χ1) is 9.36. The molecule has 5 heteroatoms. The Morgan fingerprint density at radius 3 is 2.70 bits per heavy atom. The largest absolute Gasteiger partial charge is 0.374 e. The lowest BCUT2D eigenvalue weighted by Crippen LogP contribution is -2.56. The molecule has 1 saturated heterocycles. The Bertz CT molecular complexity index is 468. The highest BCUT2D eigenvalue weighted by Crippen LogP contribution is 2.16. The van der Waals surface area contributed by atoms with Crippen LogP contribution in [0.4, 0.5) is 0 Å². The van der Waals surface area contributed by atoms with Crippen molar-refractivity contribution < 1.29 is 9.53 Å². The Morgan fingerprint density at radius 2 is 2.10 bits per heavy atom. The van der Waals surface area contributed by atoms with Crippen LogP contribution in [0.1, 0.15) is 19.4 Å². The molecular formula is C15H21ClN2O2. The van der Waals surface area contributed by atoms with Crippen LogP contribution >= 0.6 is 11.6 Å². The van der Waals surface area contributed by atoms with Gasteiger partial charge < -0.3 is 15.4 Å². The van der Waals surface area contributed by atoms with Crippen molar-refractivity contribution in [2.45, 2.75) is 31.9 Å². The van der Waals surface area contributed by atoms with Gasteiger partial charge in [-0.2, -0.15) is 0 Å². The maximum atomic E-state index is 12.2. The first-order valence-corrected chi connectivity index (χ1v) is 7.18. The molecule has 0 radical (unpaired) electrons. The molecule has 2 rings (SSSR count). The summed E-state index contributed by atoms with van der Waals surface area (Å²) in [5, 5.41) is 0.722. The lowest BCUT2D eigenvalue weighted by atomic mass is 10.0. The fraction of sp³-hybridized carbons (Fsp3) is 0.533. The number of carbonyl (C=O) groups is 1. The maximum absolute atomic E-state index is 12.2. The van der Waals surface area contributed by atoms with Crippen molar-refractivity contribution >= 4 is 17.5 Å². The van der Waals surface area contributed by atoms with E-state index >= 15 is 0 Å². The van der Waals surface area contributed by atoms with Crippen molar-refractivity contribution in [3.8, 4) is 0 Å². The highest BCUT2D eigenvalue weighted by Gasteiger charge is 2.31. The lowest BCUT2D eigenvalue weighted by Gasteiger charge is -2.36. The number of morpholine rings is 1. The van der Waals surface area contributed by atoms with Crippen LogP contribution in [-0.4, -0.2) is 42.1 Å². The summed E-state index contributed by atoms with van der Waals surface area (Å²) in [7, 11) is 0. The minimum atomic E-state index is -0.831. The Hall–Kier alpha value is -1.10. The number of ether oxygens (including phenoxy) is 1. The zero-order chi connectivity index (χ0) is 14.8. The van der Waals surface area contributed by atoms with E-state index in [0.29, 0.717) is 19.7 Å². The zero-order valence-corrected chi connectivity index (χ0v) is 12.7. The van der Waals surface area contributed by atoms with Crippen molar-refractivity contribution in [2.75, 3.05) is 19.7 Å². The molecule has 1 aliphatic heterocycles. The smallest absolute Gasteiger partial charge is 0.242 e. The van der Waals surface area contributed by atoms with Crippen molar-refractivity contribution in [2.24, 2.45) is 5.73 Å². The van der Waals surface area contributed by atoms with E-state index in [2.05, 4.69) is 0 Å². The summed E-state index contributed by atoms with van der Waals surface area (Å²) in [5.74, 6) is -0.0260. The van der Waals surface area contributed by atoms with Gasteiger partial charge in [-0.15, -0.1) is 0 Å². The molecule has 0 bridgehead atoms. The second-order valence-electron chi connectivity index (χ2n) is 5.80. The molecule has 20 heavy (non-hydrogen) atoms. The highest BCUT2D eigenvalue weighted by atomic mass is 35.5. The zero-order valence-electron chi connectivity index (χ0n) is 11.9. The maximum Gasteiger partial charge on any atom is 0.242 e. The number of amides is 1. The van der Waals surface area contributed by atoms with Gasteiger partial charge in [0.25, 0.3) is 0 Å². The number of nitrogens with zero attached hydrogens (tertiary/aromatic N) is 1. The van der Waals surface area contributed by atoms with Crippen LogP contribution < -0.4 is 5.73 Å². The van der Waals surface area contributed by atoms with E-state index in [-0.39, 0.29) is 12.0 Å². The van der Waals surface area contributed by atoms with Crippen LogP contribution in [0.3, 0.4) is 0 Å². The van der Waals surface area contributed by atoms with Gasteiger partial charge in [-0.25, -0.2) is 0 Å². The summed E-state index contributed by atoms with van der Waals surface area (Å²) in [6.45, 7) is 5.22. The van der Waals surface area contributed by atoms with Gasteiger partial charge in [-0.05, 0) is 31.5 Å². The van der Waals surface area contributed by atoms with E-state index in [1.54, 1.807) is 18.7 Å². The van der Waals surface area contributed by atoms with E-state index in [0.717, 1.165) is 17.0 Å². The molecular weight excluding hydrogens is 276 g/mol. The number of hydrogen-bond acceptors (Lipinski definition) is 3. The predicted octanol–water partition coefficient (Wildman–Crippen LogP) is 1.85. The second-order valence-corrected chi connectivity index (χ2v) is 6.23. The molecule has 1 heterocycles. The molecule has 1 aliphatic rings. The number of hydrogen-bond donors (Lipinski definition) is 1. The number of carbonyl (C=O) groups excluding carboxylic acids is 1. The SMILES string of the molecule is CC(C)(N)C(=O)N1CCO[C@H](Cc2ccc(Cl)cc2)C1. The number of rotatable bonds is 3. The van der Waals surface area contributed by atoms with Crippen LogP contribution in [0.2, 0.25) is 5.02 Å². The average Bonchev–Trinajstić information content (AvgIpc) is 2.40. The van der Waals surface area contributed by atoms with Crippen molar-refractivity contribution in [3.05, 3.63) is 34.9 Å². The molecule has 4 nitrogen and oxygen atoms in total. The highest BCUT2D eigenvalue weighted by molar-refractivity contribution is 6.30. The van der Waals surface area contributed by atoms with E-state index in [1.807, 2.05) is 24.3 Å². The molecule has 1 aromatic carbocycles. The van der Waals surface area contributed by atoms with Gasteiger partial charge >= 0.3 is 0 Å². The minimum Gasteiger partial charge on any atom is -0.374 e. The normalized spacial score (nSPS) is 20.0. The number of nitrogens with two attached hydrogens (primary N) is 1. The van der Waals surface area contributed by atoms with Crippen molar-refractivity contribution in [3.63, 3.8) is 0 Å².